The highest BCUT2D eigenvalue weighted by atomic mass is 16.2. The fourth-order valence-electron chi connectivity index (χ4n) is 7.89. The highest BCUT2D eigenvalue weighted by Crippen LogP contribution is 2.50. The van der Waals surface area contributed by atoms with Crippen molar-refractivity contribution >= 4 is 23.6 Å². The number of carbonyl (C=O) groups excluding carboxylic acids is 4. The Morgan fingerprint density at radius 2 is 1.41 bits per heavy atom. The van der Waals surface area contributed by atoms with Crippen LogP contribution in [-0.2, 0) is 38.4 Å². The van der Waals surface area contributed by atoms with Crippen molar-refractivity contribution < 1.29 is 19.2 Å². The van der Waals surface area contributed by atoms with Gasteiger partial charge in [0.25, 0.3) is 0 Å². The van der Waals surface area contributed by atoms with Gasteiger partial charge in [0.15, 0.2) is 0 Å². The van der Waals surface area contributed by atoms with Crippen LogP contribution in [-0.4, -0.2) is 77.3 Å². The van der Waals surface area contributed by atoms with Crippen molar-refractivity contribution in [3.05, 3.63) is 101 Å². The maximum absolute atomic E-state index is 14.1. The highest BCUT2D eigenvalue weighted by Gasteiger charge is 2.47. The lowest BCUT2D eigenvalue weighted by Crippen LogP contribution is -2.59. The van der Waals surface area contributed by atoms with Crippen LogP contribution in [0.5, 0.6) is 0 Å². The molecule has 5 rings (SSSR count). The molecule has 5 atom stereocenters. The molecule has 9 N–H and O–H groups in total. The van der Waals surface area contributed by atoms with E-state index in [9.17, 15) is 19.2 Å². The van der Waals surface area contributed by atoms with E-state index in [0.717, 1.165) is 36.0 Å². The van der Waals surface area contributed by atoms with Gasteiger partial charge in [-0.1, -0.05) is 74.5 Å². The lowest BCUT2D eigenvalue weighted by atomic mass is 9.73. The average molecular weight is 739 g/mol. The van der Waals surface area contributed by atoms with E-state index in [0.29, 0.717) is 51.7 Å². The van der Waals surface area contributed by atoms with Crippen molar-refractivity contribution in [1.29, 1.82) is 0 Å². The van der Waals surface area contributed by atoms with Crippen LogP contribution >= 0.6 is 0 Å². The largest absolute Gasteiger partial charge is 0.343 e. The van der Waals surface area contributed by atoms with Crippen molar-refractivity contribution in [3.63, 3.8) is 0 Å². The molecule has 2 heterocycles. The Kier molecular flexibility index (Phi) is 14.3. The Labute approximate surface area is 319 Å². The first kappa shape index (κ1) is 40.5. The molecule has 1 aliphatic carbocycles. The van der Waals surface area contributed by atoms with E-state index in [2.05, 4.69) is 20.9 Å². The fraction of sp³-hybridized carbons (Fsp3) is 0.500. The van der Waals surface area contributed by atoms with Crippen LogP contribution < -0.4 is 33.2 Å². The number of nitrogens with zero attached hydrogens (tertiary/aromatic N) is 2. The zero-order chi connectivity index (χ0) is 38.7. The number of hydrogen-bond donors (Lipinski definition) is 6. The molecule has 12 nitrogen and oxygen atoms in total. The van der Waals surface area contributed by atoms with E-state index >= 15 is 0 Å². The third-order valence-corrected chi connectivity index (χ3v) is 11.0. The summed E-state index contributed by atoms with van der Waals surface area (Å²) >= 11 is 0. The highest BCUT2D eigenvalue weighted by molar-refractivity contribution is 5.95. The number of rotatable bonds is 17. The van der Waals surface area contributed by atoms with E-state index in [1.54, 1.807) is 6.20 Å². The summed E-state index contributed by atoms with van der Waals surface area (Å²) < 4.78 is 0. The number of fused-ring (bicyclic) bond motifs is 1. The van der Waals surface area contributed by atoms with Crippen LogP contribution in [0.2, 0.25) is 0 Å². The van der Waals surface area contributed by atoms with Crippen LogP contribution in [0.3, 0.4) is 0 Å². The van der Waals surface area contributed by atoms with Gasteiger partial charge in [-0.15, -0.1) is 0 Å². The molecule has 1 aliphatic heterocycles. The van der Waals surface area contributed by atoms with E-state index in [4.69, 9.17) is 17.2 Å². The first-order chi connectivity index (χ1) is 26.0. The summed E-state index contributed by atoms with van der Waals surface area (Å²) in [5.74, 6) is -1.51. The van der Waals surface area contributed by atoms with Crippen LogP contribution in [0.1, 0.15) is 80.7 Å². The van der Waals surface area contributed by atoms with E-state index in [-0.39, 0.29) is 29.7 Å². The second-order valence-electron chi connectivity index (χ2n) is 15.5. The molecule has 1 aromatic heterocycles. The zero-order valence-electron chi connectivity index (χ0n) is 31.7. The predicted octanol–water partition coefficient (Wildman–Crippen LogP) is 2.69. The minimum absolute atomic E-state index is 0.0436. The van der Waals surface area contributed by atoms with Gasteiger partial charge >= 0.3 is 0 Å². The summed E-state index contributed by atoms with van der Waals surface area (Å²) in [4.78, 5) is 61.7. The molecule has 2 aliphatic rings. The van der Waals surface area contributed by atoms with Crippen LogP contribution in [0.25, 0.3) is 0 Å². The lowest BCUT2D eigenvalue weighted by molar-refractivity contribution is -0.140. The normalized spacial score (nSPS) is 18.3. The van der Waals surface area contributed by atoms with E-state index in [1.165, 1.54) is 5.56 Å². The number of benzene rings is 2. The lowest BCUT2D eigenvalue weighted by Gasteiger charge is -2.43. The van der Waals surface area contributed by atoms with Crippen LogP contribution in [0.15, 0.2) is 79.1 Å². The first-order valence-electron chi connectivity index (χ1n) is 19.4. The van der Waals surface area contributed by atoms with Gasteiger partial charge in [-0.25, -0.2) is 0 Å². The Morgan fingerprint density at radius 3 is 2.02 bits per heavy atom. The van der Waals surface area contributed by atoms with Crippen molar-refractivity contribution in [2.75, 3.05) is 19.6 Å². The van der Waals surface area contributed by atoms with Gasteiger partial charge < -0.3 is 38.1 Å². The van der Waals surface area contributed by atoms with Crippen molar-refractivity contribution in [2.45, 2.75) is 102 Å². The van der Waals surface area contributed by atoms with Crippen molar-refractivity contribution in [3.8, 4) is 0 Å². The maximum atomic E-state index is 14.1. The maximum Gasteiger partial charge on any atom is 0.245 e. The van der Waals surface area contributed by atoms with Crippen LogP contribution in [0.4, 0.5) is 0 Å². The molecule has 1 saturated heterocycles. The SMILES string of the molecule is CC(C)C[C@@H](NC(=O)[C@@H](Cc1ccccc1)NC(=O)[C@H](N)Cc1ccccc1)C(=O)N[C@H](CCCCN)C(=O)N1CCC2(CC1)Cc1cnccc1C2N. The van der Waals surface area contributed by atoms with Gasteiger partial charge in [-0.05, 0) is 97.6 Å². The standard InChI is InChI=1S/C42H58N8O4/c1-28(2)23-35(49-40(53)36(25-30-13-7-4-8-14-30)48-38(51)33(44)24-29-11-5-3-6-12-29)39(52)47-34(15-9-10-19-43)41(54)50-21-17-42(18-22-50)26-31-27-46-20-16-32(31)37(42)45/h3-8,11-14,16,20,27-28,33-37H,9-10,15,17-19,21-26,43-45H2,1-2H3,(H,47,52)(H,48,51)(H,49,53)/t33-,34-,35-,36-,37?/m1/s1. The Hall–Kier alpha value is -4.65. The van der Waals surface area contributed by atoms with Gasteiger partial charge in [0.2, 0.25) is 23.6 Å². The molecule has 0 bridgehead atoms. The molecule has 0 radical (unpaired) electrons. The van der Waals surface area contributed by atoms with E-state index in [1.807, 2.05) is 91.7 Å². The minimum atomic E-state index is -0.990. The number of hydrogen-bond acceptors (Lipinski definition) is 8. The summed E-state index contributed by atoms with van der Waals surface area (Å²) in [5.41, 5.74) is 22.8. The second kappa shape index (κ2) is 19.1. The topological polar surface area (TPSA) is 199 Å². The Balaban J connectivity index is 1.27. The molecule has 54 heavy (non-hydrogen) atoms. The Bertz CT molecular complexity index is 1700. The number of piperidine rings is 1. The monoisotopic (exact) mass is 738 g/mol. The number of amides is 4. The van der Waals surface area contributed by atoms with Gasteiger partial charge in [0.1, 0.15) is 18.1 Å². The molecule has 12 heteroatoms. The molecule has 1 unspecified atom stereocenters. The first-order valence-corrected chi connectivity index (χ1v) is 19.4. The summed E-state index contributed by atoms with van der Waals surface area (Å²) in [5, 5.41) is 8.80. The van der Waals surface area contributed by atoms with Gasteiger partial charge in [0.05, 0.1) is 6.04 Å². The number of carbonyl (C=O) groups is 4. The summed E-state index contributed by atoms with van der Waals surface area (Å²) in [6, 6.07) is 17.1. The average Bonchev–Trinajstić information content (AvgIpc) is 3.44. The van der Waals surface area contributed by atoms with Crippen molar-refractivity contribution in [2.24, 2.45) is 28.5 Å². The number of nitrogens with one attached hydrogen (secondary N) is 3. The molecule has 2 aromatic carbocycles. The van der Waals surface area contributed by atoms with Gasteiger partial charge in [-0.3, -0.25) is 24.2 Å². The number of nitrogens with two attached hydrogens (primary N) is 3. The third-order valence-electron chi connectivity index (χ3n) is 11.0. The third kappa shape index (κ3) is 10.5. The van der Waals surface area contributed by atoms with Crippen molar-refractivity contribution in [1.82, 2.24) is 25.8 Å². The second-order valence-corrected chi connectivity index (χ2v) is 15.5. The smallest absolute Gasteiger partial charge is 0.245 e. The molecule has 1 fully saturated rings. The summed E-state index contributed by atoms with van der Waals surface area (Å²) in [6.07, 6.45) is 8.68. The summed E-state index contributed by atoms with van der Waals surface area (Å²) in [6.45, 7) is 5.48. The zero-order valence-corrected chi connectivity index (χ0v) is 31.7. The molecular weight excluding hydrogens is 681 g/mol. The van der Waals surface area contributed by atoms with Crippen LogP contribution in [0, 0.1) is 11.3 Å². The van der Waals surface area contributed by atoms with E-state index < -0.39 is 41.9 Å². The predicted molar refractivity (Wildman–Crippen MR) is 210 cm³/mol. The number of pyridine rings is 1. The number of aromatic nitrogens is 1. The molecule has 290 valence electrons. The minimum Gasteiger partial charge on any atom is -0.343 e. The molecule has 3 aromatic rings. The molecule has 4 amide bonds. The van der Waals surface area contributed by atoms with Gasteiger partial charge in [-0.2, -0.15) is 0 Å². The quantitative estimate of drug-likeness (QED) is 0.114. The molecule has 1 spiro atoms. The van der Waals surface area contributed by atoms with Gasteiger partial charge in [0, 0.05) is 37.9 Å². The number of likely N-dealkylation sites (tertiary alicyclic amines) is 1. The summed E-state index contributed by atoms with van der Waals surface area (Å²) in [7, 11) is 0. The Morgan fingerprint density at radius 1 is 0.815 bits per heavy atom. The molecular formula is C42H58N8O4. The number of unbranched alkanes of at least 4 members (excludes halogenated alkanes) is 1. The fourth-order valence-corrected chi connectivity index (χ4v) is 7.89. The molecule has 0 saturated carbocycles.